The average Bonchev–Trinajstić information content (AvgIpc) is 2.92. The Balaban J connectivity index is 2.19. The number of rotatable bonds is 5. The molecule has 2 aromatic carbocycles. The minimum atomic E-state index is -0.802. The minimum Gasteiger partial charge on any atom is -0.495 e. The zero-order valence-electron chi connectivity index (χ0n) is 12.6. The van der Waals surface area contributed by atoms with Crippen molar-refractivity contribution in [3.8, 4) is 17.0 Å². The number of aromatic nitrogens is 1. The third kappa shape index (κ3) is 3.10. The summed E-state index contributed by atoms with van der Waals surface area (Å²) in [5.74, 6) is -0.0496. The van der Waals surface area contributed by atoms with E-state index in [-0.39, 0.29) is 6.42 Å². The van der Waals surface area contributed by atoms with Gasteiger partial charge in [0.25, 0.3) is 0 Å². The van der Waals surface area contributed by atoms with Crippen molar-refractivity contribution in [1.29, 1.82) is 0 Å². The third-order valence-corrected chi connectivity index (χ3v) is 4.37. The first-order chi connectivity index (χ1) is 11.1. The van der Waals surface area contributed by atoms with Crippen LogP contribution >= 0.6 is 15.9 Å². The van der Waals surface area contributed by atoms with E-state index in [1.807, 2.05) is 42.5 Å². The molecule has 0 fully saturated rings. The van der Waals surface area contributed by atoms with Gasteiger partial charge in [0.05, 0.1) is 12.6 Å². The summed E-state index contributed by atoms with van der Waals surface area (Å²) in [6.45, 7) is 0. The smallest absolute Gasteiger partial charge is 0.303 e. The number of hydrogen-bond donors (Lipinski definition) is 2. The largest absolute Gasteiger partial charge is 0.495 e. The number of aryl methyl sites for hydroxylation is 1. The van der Waals surface area contributed by atoms with Crippen molar-refractivity contribution in [3.63, 3.8) is 0 Å². The fraction of sp³-hybridized carbons (Fsp3) is 0.167. The molecule has 5 heteroatoms. The lowest BCUT2D eigenvalue weighted by Crippen LogP contribution is -1.98. The molecular formula is C18H16BrNO3. The Labute approximate surface area is 142 Å². The highest BCUT2D eigenvalue weighted by atomic mass is 79.9. The molecule has 118 valence electrons. The van der Waals surface area contributed by atoms with Crippen LogP contribution in [-0.2, 0) is 11.2 Å². The molecule has 0 unspecified atom stereocenters. The number of methoxy groups -OCH3 is 1. The van der Waals surface area contributed by atoms with Crippen LogP contribution in [0.2, 0.25) is 0 Å². The summed E-state index contributed by atoms with van der Waals surface area (Å²) in [7, 11) is 1.63. The number of benzene rings is 2. The summed E-state index contributed by atoms with van der Waals surface area (Å²) in [6, 6.07) is 13.8. The summed E-state index contributed by atoms with van der Waals surface area (Å²) in [5.41, 5.74) is 3.86. The predicted molar refractivity (Wildman–Crippen MR) is 93.9 cm³/mol. The number of para-hydroxylation sites is 1. The number of H-pyrrole nitrogens is 1. The third-order valence-electron chi connectivity index (χ3n) is 3.84. The van der Waals surface area contributed by atoms with Gasteiger partial charge >= 0.3 is 5.97 Å². The van der Waals surface area contributed by atoms with Gasteiger partial charge in [0, 0.05) is 22.0 Å². The normalized spacial score (nSPS) is 10.9. The van der Waals surface area contributed by atoms with E-state index in [1.165, 1.54) is 0 Å². The summed E-state index contributed by atoms with van der Waals surface area (Å²) in [5, 5.41) is 10.0. The van der Waals surface area contributed by atoms with Crippen molar-refractivity contribution in [2.24, 2.45) is 0 Å². The highest BCUT2D eigenvalue weighted by Gasteiger charge is 2.16. The summed E-state index contributed by atoms with van der Waals surface area (Å²) in [6.07, 6.45) is 0.557. The number of fused-ring (bicyclic) bond motifs is 1. The van der Waals surface area contributed by atoms with Crippen LogP contribution < -0.4 is 4.74 Å². The molecule has 0 saturated carbocycles. The predicted octanol–water partition coefficient (Wildman–Crippen LogP) is 4.62. The maximum atomic E-state index is 11.0. The second kappa shape index (κ2) is 6.46. The van der Waals surface area contributed by atoms with Gasteiger partial charge in [0.15, 0.2) is 0 Å². The molecule has 0 atom stereocenters. The molecule has 23 heavy (non-hydrogen) atoms. The van der Waals surface area contributed by atoms with Crippen molar-refractivity contribution >= 4 is 32.8 Å². The number of carbonyl (C=O) groups is 1. The van der Waals surface area contributed by atoms with E-state index >= 15 is 0 Å². The van der Waals surface area contributed by atoms with Gasteiger partial charge in [-0.3, -0.25) is 4.79 Å². The fourth-order valence-electron chi connectivity index (χ4n) is 2.77. The van der Waals surface area contributed by atoms with Gasteiger partial charge in [0.1, 0.15) is 5.75 Å². The lowest BCUT2D eigenvalue weighted by molar-refractivity contribution is -0.136. The van der Waals surface area contributed by atoms with Gasteiger partial charge < -0.3 is 14.8 Å². The Kier molecular flexibility index (Phi) is 4.39. The van der Waals surface area contributed by atoms with Crippen LogP contribution in [0.25, 0.3) is 22.2 Å². The van der Waals surface area contributed by atoms with Crippen LogP contribution in [0.3, 0.4) is 0 Å². The molecule has 1 aromatic heterocycles. The number of halogens is 1. The first kappa shape index (κ1) is 15.6. The van der Waals surface area contributed by atoms with Crippen LogP contribution in [0.1, 0.15) is 12.0 Å². The molecule has 2 N–H and O–H groups in total. The quantitative estimate of drug-likeness (QED) is 0.685. The second-order valence-electron chi connectivity index (χ2n) is 5.26. The number of hydrogen-bond acceptors (Lipinski definition) is 2. The van der Waals surface area contributed by atoms with E-state index in [2.05, 4.69) is 20.9 Å². The van der Waals surface area contributed by atoms with Gasteiger partial charge in [0.2, 0.25) is 0 Å². The topological polar surface area (TPSA) is 62.3 Å². The monoisotopic (exact) mass is 373 g/mol. The van der Waals surface area contributed by atoms with Crippen molar-refractivity contribution in [1.82, 2.24) is 4.98 Å². The number of ether oxygens (including phenoxy) is 1. The van der Waals surface area contributed by atoms with E-state index in [4.69, 9.17) is 9.84 Å². The highest BCUT2D eigenvalue weighted by Crippen LogP contribution is 2.35. The molecule has 1 heterocycles. The maximum absolute atomic E-state index is 11.0. The lowest BCUT2D eigenvalue weighted by atomic mass is 10.0. The maximum Gasteiger partial charge on any atom is 0.303 e. The Morgan fingerprint density at radius 2 is 1.96 bits per heavy atom. The van der Waals surface area contributed by atoms with Gasteiger partial charge in [-0.1, -0.05) is 40.2 Å². The van der Waals surface area contributed by atoms with Crippen molar-refractivity contribution in [2.75, 3.05) is 7.11 Å². The van der Waals surface area contributed by atoms with Crippen molar-refractivity contribution in [3.05, 3.63) is 52.5 Å². The summed E-state index contributed by atoms with van der Waals surface area (Å²) in [4.78, 5) is 14.4. The number of carboxylic acids is 1. The van der Waals surface area contributed by atoms with Crippen LogP contribution in [-0.4, -0.2) is 23.2 Å². The molecule has 3 aromatic rings. The molecule has 3 rings (SSSR count). The summed E-state index contributed by atoms with van der Waals surface area (Å²) >= 11 is 3.44. The van der Waals surface area contributed by atoms with E-state index in [0.29, 0.717) is 6.42 Å². The highest BCUT2D eigenvalue weighted by molar-refractivity contribution is 9.10. The second-order valence-corrected chi connectivity index (χ2v) is 6.18. The van der Waals surface area contributed by atoms with Gasteiger partial charge in [-0.05, 0) is 35.7 Å². The molecule has 4 nitrogen and oxygen atoms in total. The molecule has 0 amide bonds. The number of carboxylic acid groups (broad SMARTS) is 1. The summed E-state index contributed by atoms with van der Waals surface area (Å²) < 4.78 is 6.42. The van der Waals surface area contributed by atoms with Crippen molar-refractivity contribution < 1.29 is 14.6 Å². The van der Waals surface area contributed by atoms with E-state index in [9.17, 15) is 4.79 Å². The Bertz CT molecular complexity index is 853. The molecule has 0 saturated heterocycles. The van der Waals surface area contributed by atoms with Gasteiger partial charge in [-0.15, -0.1) is 0 Å². The Morgan fingerprint density at radius 1 is 1.22 bits per heavy atom. The Hall–Kier alpha value is -2.27. The zero-order chi connectivity index (χ0) is 16.4. The van der Waals surface area contributed by atoms with E-state index in [1.54, 1.807) is 7.11 Å². The van der Waals surface area contributed by atoms with E-state index in [0.717, 1.165) is 37.9 Å². The van der Waals surface area contributed by atoms with Crippen LogP contribution in [0, 0.1) is 0 Å². The van der Waals surface area contributed by atoms with Crippen LogP contribution in [0.4, 0.5) is 0 Å². The number of nitrogens with one attached hydrogen (secondary N) is 1. The van der Waals surface area contributed by atoms with Crippen LogP contribution in [0.15, 0.2) is 46.9 Å². The molecule has 0 aliphatic rings. The van der Waals surface area contributed by atoms with Gasteiger partial charge in [-0.2, -0.15) is 0 Å². The molecule has 0 aliphatic heterocycles. The molecular weight excluding hydrogens is 358 g/mol. The Morgan fingerprint density at radius 3 is 2.61 bits per heavy atom. The van der Waals surface area contributed by atoms with E-state index < -0.39 is 5.97 Å². The van der Waals surface area contributed by atoms with Crippen molar-refractivity contribution in [2.45, 2.75) is 12.8 Å². The number of aromatic amines is 1. The molecule has 0 radical (unpaired) electrons. The average molecular weight is 374 g/mol. The molecule has 0 spiro atoms. The zero-order valence-corrected chi connectivity index (χ0v) is 14.2. The SMILES string of the molecule is COc1cccc2c(CCC(=O)O)c(-c3ccc(Br)cc3)[nH]c12. The number of aliphatic carboxylic acids is 1. The van der Waals surface area contributed by atoms with Gasteiger partial charge in [-0.25, -0.2) is 0 Å². The molecule has 0 aliphatic carbocycles. The fourth-order valence-corrected chi connectivity index (χ4v) is 3.04. The standard InChI is InChI=1S/C18H16BrNO3/c1-23-15-4-2-3-13-14(9-10-16(21)22)17(20-18(13)15)11-5-7-12(19)8-6-11/h2-8,20H,9-10H2,1H3,(H,21,22). The lowest BCUT2D eigenvalue weighted by Gasteiger charge is -2.04. The molecule has 0 bridgehead atoms. The first-order valence-corrected chi connectivity index (χ1v) is 8.04. The first-order valence-electron chi connectivity index (χ1n) is 7.25. The van der Waals surface area contributed by atoms with Crippen LogP contribution in [0.5, 0.6) is 5.75 Å². The minimum absolute atomic E-state index is 0.0910.